The number of Topliss-reactive ketones (excluding diaryl/α,β-unsaturated/α-hetero) is 1. The lowest BCUT2D eigenvalue weighted by Crippen LogP contribution is -2.11. The van der Waals surface area contributed by atoms with Gasteiger partial charge in [-0.05, 0) is 52.4 Å². The van der Waals surface area contributed by atoms with E-state index in [9.17, 15) is 24.0 Å². The van der Waals surface area contributed by atoms with Crippen molar-refractivity contribution in [2.75, 3.05) is 6.61 Å². The summed E-state index contributed by atoms with van der Waals surface area (Å²) >= 11 is 0. The molecule has 0 fully saturated rings. The highest BCUT2D eigenvalue weighted by Crippen LogP contribution is 2.12. The van der Waals surface area contributed by atoms with E-state index in [1.54, 1.807) is 6.92 Å². The molecule has 0 heterocycles. The van der Waals surface area contributed by atoms with Gasteiger partial charge in [0.2, 0.25) is 5.91 Å². The van der Waals surface area contributed by atoms with Crippen LogP contribution in [0.25, 0.3) is 0 Å². The molecular weight excluding hydrogens is 594 g/mol. The first-order chi connectivity index (χ1) is 22.5. The van der Waals surface area contributed by atoms with Crippen LogP contribution in [0.5, 0.6) is 0 Å². The van der Waals surface area contributed by atoms with Crippen molar-refractivity contribution in [3.8, 4) is 0 Å². The topological polar surface area (TPSA) is 141 Å². The third-order valence-electron chi connectivity index (χ3n) is 7.12. The minimum atomic E-state index is -0.643. The molecular formula is C39H79NO7. The third kappa shape index (κ3) is 66.9. The number of hydrogen-bond donors (Lipinski definition) is 2. The van der Waals surface area contributed by atoms with E-state index in [1.165, 1.54) is 64.2 Å². The Morgan fingerprint density at radius 3 is 1.45 bits per heavy atom. The molecule has 0 aliphatic carbocycles. The number of carboxylic acid groups (broad SMARTS) is 1. The van der Waals surface area contributed by atoms with Crippen LogP contribution in [-0.4, -0.2) is 41.6 Å². The van der Waals surface area contributed by atoms with Crippen LogP contribution in [-0.2, 0) is 28.7 Å². The molecule has 0 aliphatic rings. The zero-order chi connectivity index (χ0) is 37.0. The first kappa shape index (κ1) is 54.2. The van der Waals surface area contributed by atoms with E-state index in [0.29, 0.717) is 25.2 Å². The number of primary amides is 1. The van der Waals surface area contributed by atoms with E-state index in [0.717, 1.165) is 83.3 Å². The van der Waals surface area contributed by atoms with Gasteiger partial charge in [0.1, 0.15) is 12.1 Å². The van der Waals surface area contributed by atoms with Gasteiger partial charge < -0.3 is 25.2 Å². The number of hydrogen-bond acceptors (Lipinski definition) is 6. The predicted octanol–water partition coefficient (Wildman–Crippen LogP) is 11.0. The van der Waals surface area contributed by atoms with Gasteiger partial charge in [-0.2, -0.15) is 0 Å². The van der Waals surface area contributed by atoms with Crippen molar-refractivity contribution >= 4 is 29.9 Å². The molecule has 8 nitrogen and oxygen atoms in total. The number of ketones is 1. The maximum atomic E-state index is 11.0. The van der Waals surface area contributed by atoms with Crippen molar-refractivity contribution in [2.45, 2.75) is 209 Å². The van der Waals surface area contributed by atoms with Crippen LogP contribution in [0.15, 0.2) is 0 Å². The molecule has 0 aliphatic heterocycles. The van der Waals surface area contributed by atoms with Crippen molar-refractivity contribution in [3.05, 3.63) is 0 Å². The molecule has 0 aromatic carbocycles. The Morgan fingerprint density at radius 2 is 1.04 bits per heavy atom. The zero-order valence-corrected chi connectivity index (χ0v) is 32.3. The number of ether oxygens (including phenoxy) is 1. The normalized spacial score (nSPS) is 10.2. The molecule has 8 heteroatoms. The van der Waals surface area contributed by atoms with Gasteiger partial charge in [-0.1, -0.05) is 131 Å². The highest BCUT2D eigenvalue weighted by atomic mass is 16.5. The Balaban J connectivity index is -0.000000160. The molecule has 0 aromatic rings. The molecule has 1 unspecified atom stereocenters. The van der Waals surface area contributed by atoms with Gasteiger partial charge in [0.25, 0.3) is 0 Å². The number of carbonyl (C=O) groups excluding carboxylic acids is 4. The molecule has 0 aromatic heterocycles. The van der Waals surface area contributed by atoms with Gasteiger partial charge >= 0.3 is 11.9 Å². The van der Waals surface area contributed by atoms with E-state index in [-0.39, 0.29) is 17.8 Å². The molecule has 0 spiro atoms. The SMILES string of the molecule is CCCCC(CC)C(=O)O.CCCCCC(C)=O.CCCCCC(N)=O.CCCCCC=O.CCCCCCCCCC(=O)OCC. The summed E-state index contributed by atoms with van der Waals surface area (Å²) in [4.78, 5) is 51.5. The van der Waals surface area contributed by atoms with E-state index < -0.39 is 5.97 Å². The Morgan fingerprint density at radius 1 is 0.617 bits per heavy atom. The van der Waals surface area contributed by atoms with Crippen molar-refractivity contribution in [1.82, 2.24) is 0 Å². The van der Waals surface area contributed by atoms with Gasteiger partial charge in [-0.3, -0.25) is 14.4 Å². The number of carboxylic acids is 1. The standard InChI is InChI=1S/C12H24O2.C8H16O2.C7H14O.C6H13NO.C6H12O/c1-3-5-6-7-8-9-10-11-12(13)14-4-2;1-3-5-6-7(4-2)8(9)10;1-3-4-5-6-7(2)8;1-2-3-4-5-6(7)8;1-2-3-4-5-6-7/h3-11H2,1-2H3;7H,3-6H2,1-2H3,(H,9,10);3-6H2,1-2H3;2-5H2,1H3,(H2,7,8);6H,2-5H2,1H3. The number of rotatable bonds is 26. The average molecular weight is 674 g/mol. The lowest BCUT2D eigenvalue weighted by Gasteiger charge is -2.06. The summed E-state index contributed by atoms with van der Waals surface area (Å²) in [5.41, 5.74) is 4.89. The van der Waals surface area contributed by atoms with Crippen molar-refractivity contribution in [2.24, 2.45) is 11.7 Å². The van der Waals surface area contributed by atoms with Gasteiger partial charge in [0, 0.05) is 25.7 Å². The summed E-state index contributed by atoms with van der Waals surface area (Å²) in [5.74, 6) is -0.658. The zero-order valence-electron chi connectivity index (χ0n) is 32.3. The van der Waals surface area contributed by atoms with Crippen LogP contribution in [0.2, 0.25) is 0 Å². The minimum Gasteiger partial charge on any atom is -0.481 e. The second kappa shape index (κ2) is 50.6. The number of nitrogens with two attached hydrogens (primary N) is 1. The fourth-order valence-electron chi connectivity index (χ4n) is 4.06. The van der Waals surface area contributed by atoms with Gasteiger partial charge in [0.05, 0.1) is 12.5 Å². The number of unbranched alkanes of at least 4 members (excludes halogenated alkanes) is 14. The van der Waals surface area contributed by atoms with Crippen LogP contribution >= 0.6 is 0 Å². The monoisotopic (exact) mass is 674 g/mol. The molecule has 0 rings (SSSR count). The highest BCUT2D eigenvalue weighted by molar-refractivity contribution is 5.75. The Bertz CT molecular complexity index is 648. The lowest BCUT2D eigenvalue weighted by atomic mass is 10.00. The lowest BCUT2D eigenvalue weighted by molar-refractivity contribution is -0.143. The largest absolute Gasteiger partial charge is 0.481 e. The van der Waals surface area contributed by atoms with E-state index in [4.69, 9.17) is 15.6 Å². The smallest absolute Gasteiger partial charge is 0.306 e. The second-order valence-electron chi connectivity index (χ2n) is 12.0. The Labute approximate surface area is 291 Å². The minimum absolute atomic E-state index is 0.0407. The highest BCUT2D eigenvalue weighted by Gasteiger charge is 2.12. The van der Waals surface area contributed by atoms with Crippen LogP contribution in [0.4, 0.5) is 0 Å². The maximum absolute atomic E-state index is 11.0. The molecule has 0 bridgehead atoms. The van der Waals surface area contributed by atoms with Crippen molar-refractivity contribution in [1.29, 1.82) is 0 Å². The molecule has 1 amide bonds. The number of amides is 1. The summed E-state index contributed by atoms with van der Waals surface area (Å²) < 4.78 is 4.85. The van der Waals surface area contributed by atoms with E-state index in [2.05, 4.69) is 34.6 Å². The van der Waals surface area contributed by atoms with Gasteiger partial charge in [0.15, 0.2) is 0 Å². The quantitative estimate of drug-likeness (QED) is 0.0528. The Kier molecular flexibility index (Phi) is 58.4. The summed E-state index contributed by atoms with van der Waals surface area (Å²) in [6.07, 6.45) is 26.2. The average Bonchev–Trinajstić information content (AvgIpc) is 3.02. The van der Waals surface area contributed by atoms with Crippen LogP contribution in [0.3, 0.4) is 0 Å². The molecule has 47 heavy (non-hydrogen) atoms. The summed E-state index contributed by atoms with van der Waals surface area (Å²) in [6, 6.07) is 0. The first-order valence-electron chi connectivity index (χ1n) is 19.1. The first-order valence-corrected chi connectivity index (χ1v) is 19.1. The molecule has 0 saturated heterocycles. The molecule has 0 saturated carbocycles. The van der Waals surface area contributed by atoms with Crippen molar-refractivity contribution in [3.63, 3.8) is 0 Å². The third-order valence-corrected chi connectivity index (χ3v) is 7.12. The number of aldehydes is 1. The van der Waals surface area contributed by atoms with Gasteiger partial charge in [-0.15, -0.1) is 0 Å². The molecule has 3 N–H and O–H groups in total. The summed E-state index contributed by atoms with van der Waals surface area (Å²) in [7, 11) is 0. The van der Waals surface area contributed by atoms with Crippen LogP contribution < -0.4 is 5.73 Å². The molecule has 0 radical (unpaired) electrons. The van der Waals surface area contributed by atoms with E-state index in [1.807, 2.05) is 13.8 Å². The fraction of sp³-hybridized carbons (Fsp3) is 0.872. The fourth-order valence-corrected chi connectivity index (χ4v) is 4.06. The summed E-state index contributed by atoms with van der Waals surface area (Å²) in [5, 5.41) is 8.60. The number of aliphatic carboxylic acids is 1. The molecule has 1 atom stereocenters. The maximum Gasteiger partial charge on any atom is 0.306 e. The number of carbonyl (C=O) groups is 5. The summed E-state index contributed by atoms with van der Waals surface area (Å²) in [6.45, 7) is 16.6. The molecule has 282 valence electrons. The van der Waals surface area contributed by atoms with Crippen LogP contribution in [0.1, 0.15) is 209 Å². The van der Waals surface area contributed by atoms with Gasteiger partial charge in [-0.25, -0.2) is 0 Å². The predicted molar refractivity (Wildman–Crippen MR) is 199 cm³/mol. The van der Waals surface area contributed by atoms with E-state index >= 15 is 0 Å². The Hall–Kier alpha value is -2.25. The van der Waals surface area contributed by atoms with Crippen molar-refractivity contribution < 1.29 is 33.8 Å². The second-order valence-corrected chi connectivity index (χ2v) is 12.0. The number of esters is 1. The van der Waals surface area contributed by atoms with Crippen LogP contribution in [0, 0.1) is 5.92 Å².